The van der Waals surface area contributed by atoms with Crippen LogP contribution in [0.25, 0.3) is 4.85 Å². The van der Waals surface area contributed by atoms with E-state index in [1.54, 1.807) is 0 Å². The maximum Gasteiger partial charge on any atom is 0.429 e. The van der Waals surface area contributed by atoms with Crippen LogP contribution >= 0.6 is 0 Å². The molecule has 12 heteroatoms. The summed E-state index contributed by atoms with van der Waals surface area (Å²) in [6.45, 7) is 6.86. The number of nitrogens with zero attached hydrogens (tertiary/aromatic N) is 1. The summed E-state index contributed by atoms with van der Waals surface area (Å²) in [5, 5.41) is 9.71. The molecule has 0 aromatic heterocycles. The summed E-state index contributed by atoms with van der Waals surface area (Å²) in [5.41, 5.74) is -1.29. The second kappa shape index (κ2) is 6.61. The van der Waals surface area contributed by atoms with E-state index >= 15 is 0 Å². The predicted octanol–water partition coefficient (Wildman–Crippen LogP) is 4.18. The van der Waals surface area contributed by atoms with Crippen LogP contribution in [-0.2, 0) is 9.84 Å². The van der Waals surface area contributed by atoms with Crippen molar-refractivity contribution in [3.63, 3.8) is 0 Å². The van der Waals surface area contributed by atoms with E-state index in [-0.39, 0.29) is 11.4 Å². The first-order chi connectivity index (χ1) is 13.0. The smallest absolute Gasteiger partial charge is 0.429 e. The Bertz CT molecular complexity index is 1100. The van der Waals surface area contributed by atoms with Gasteiger partial charge in [0.05, 0.1) is 17.0 Å². The molecule has 1 N–H and O–H groups in total. The lowest BCUT2D eigenvalue weighted by molar-refractivity contribution is -0.224. The molecule has 0 saturated heterocycles. The largest absolute Gasteiger partial charge is 0.455 e. The molecule has 0 fully saturated rings. The fourth-order valence-electron chi connectivity index (χ4n) is 2.51. The second-order valence-electron chi connectivity index (χ2n) is 5.54. The number of hydrogen-bond acceptors (Lipinski definition) is 5. The van der Waals surface area contributed by atoms with Crippen molar-refractivity contribution < 1.29 is 45.0 Å². The summed E-state index contributed by atoms with van der Waals surface area (Å²) in [5.74, 6) is -6.74. The molecule has 3 rings (SSSR count). The highest BCUT2D eigenvalue weighted by Crippen LogP contribution is 2.53. The van der Waals surface area contributed by atoms with E-state index in [1.165, 1.54) is 0 Å². The van der Waals surface area contributed by atoms with Crippen molar-refractivity contribution in [1.29, 1.82) is 0 Å². The van der Waals surface area contributed by atoms with Crippen LogP contribution in [0.2, 0.25) is 0 Å². The first-order valence-corrected chi connectivity index (χ1v) is 8.81. The molecule has 0 saturated carbocycles. The van der Waals surface area contributed by atoms with Gasteiger partial charge in [0.2, 0.25) is 9.84 Å². The van der Waals surface area contributed by atoms with Gasteiger partial charge in [-0.15, -0.1) is 0 Å². The van der Waals surface area contributed by atoms with E-state index in [0.717, 1.165) is 24.3 Å². The summed E-state index contributed by atoms with van der Waals surface area (Å²) in [6.07, 6.45) is -7.18. The lowest BCUT2D eigenvalue weighted by Crippen LogP contribution is -2.27. The molecule has 0 spiro atoms. The molecule has 2 aromatic carbocycles. The minimum Gasteiger partial charge on any atom is -0.455 e. The number of aliphatic hydroxyl groups is 1. The van der Waals surface area contributed by atoms with Crippen LogP contribution < -0.4 is 9.47 Å². The number of benzene rings is 2. The zero-order valence-corrected chi connectivity index (χ0v) is 14.2. The van der Waals surface area contributed by atoms with Crippen LogP contribution in [0, 0.1) is 12.4 Å². The van der Waals surface area contributed by atoms with Gasteiger partial charge in [-0.05, 0) is 24.3 Å². The van der Waals surface area contributed by atoms with E-state index < -0.39 is 55.6 Å². The van der Waals surface area contributed by atoms with Gasteiger partial charge in [-0.1, -0.05) is 0 Å². The number of sulfone groups is 1. The zero-order chi connectivity index (χ0) is 20.9. The quantitative estimate of drug-likeness (QED) is 0.592. The van der Waals surface area contributed by atoms with Gasteiger partial charge in [0, 0.05) is 6.07 Å². The van der Waals surface area contributed by atoms with E-state index in [0.29, 0.717) is 6.07 Å². The highest BCUT2D eigenvalue weighted by molar-refractivity contribution is 7.91. The van der Waals surface area contributed by atoms with Gasteiger partial charge in [-0.3, -0.25) is 0 Å². The molecule has 0 bridgehead atoms. The molecule has 1 atom stereocenters. The molecule has 148 valence electrons. The number of ether oxygens (including phenoxy) is 2. The van der Waals surface area contributed by atoms with Gasteiger partial charge in [-0.2, -0.15) is 17.6 Å². The molecular formula is C16H8F5NO5S. The number of halogens is 5. The standard InChI is InChI=1S/C16H8F5NO5S/c1-22-8-4-7(17)5-9(6-8)26-10-2-3-11(28(24,25)15(18)19)12-13(10)27-16(20,21)14(12)23/h2-6,14-15,23H. The average Bonchev–Trinajstić information content (AvgIpc) is 2.85. The Morgan fingerprint density at radius 3 is 2.54 bits per heavy atom. The van der Waals surface area contributed by atoms with Crippen LogP contribution in [-0.4, -0.2) is 25.4 Å². The van der Waals surface area contributed by atoms with E-state index in [1.807, 2.05) is 0 Å². The Hall–Kier alpha value is -2.91. The highest BCUT2D eigenvalue weighted by Gasteiger charge is 2.54. The molecule has 1 unspecified atom stereocenters. The Balaban J connectivity index is 2.17. The summed E-state index contributed by atoms with van der Waals surface area (Å²) in [6, 6.07) is 4.00. The number of hydrogen-bond donors (Lipinski definition) is 1. The van der Waals surface area contributed by atoms with E-state index in [9.17, 15) is 35.5 Å². The molecule has 28 heavy (non-hydrogen) atoms. The first-order valence-electron chi connectivity index (χ1n) is 7.27. The van der Waals surface area contributed by atoms with Gasteiger partial charge in [0.1, 0.15) is 11.6 Å². The molecule has 1 aliphatic heterocycles. The topological polar surface area (TPSA) is 77.2 Å². The average molecular weight is 421 g/mol. The number of alkyl halides is 4. The summed E-state index contributed by atoms with van der Waals surface area (Å²) in [4.78, 5) is 1.73. The molecule has 1 aliphatic rings. The normalized spacial score (nSPS) is 17.7. The number of aliphatic hydroxyl groups excluding tert-OH is 1. The molecule has 1 heterocycles. The Morgan fingerprint density at radius 1 is 1.25 bits per heavy atom. The van der Waals surface area contributed by atoms with Crippen LogP contribution in [0.5, 0.6) is 17.2 Å². The monoisotopic (exact) mass is 421 g/mol. The fourth-order valence-corrected chi connectivity index (χ4v) is 3.47. The third kappa shape index (κ3) is 3.23. The number of rotatable bonds is 4. The van der Waals surface area contributed by atoms with Crippen LogP contribution in [0.4, 0.5) is 27.6 Å². The predicted molar refractivity (Wildman–Crippen MR) is 82.9 cm³/mol. The summed E-state index contributed by atoms with van der Waals surface area (Å²) >= 11 is 0. The van der Waals surface area contributed by atoms with Crippen molar-refractivity contribution in [2.45, 2.75) is 22.9 Å². The van der Waals surface area contributed by atoms with Crippen molar-refractivity contribution in [3.8, 4) is 17.2 Å². The van der Waals surface area contributed by atoms with Crippen molar-refractivity contribution in [3.05, 3.63) is 53.1 Å². The molecule has 6 nitrogen and oxygen atoms in total. The van der Waals surface area contributed by atoms with Crippen LogP contribution in [0.15, 0.2) is 35.2 Å². The van der Waals surface area contributed by atoms with E-state index in [4.69, 9.17) is 11.3 Å². The summed E-state index contributed by atoms with van der Waals surface area (Å²) < 4.78 is 99.8. The van der Waals surface area contributed by atoms with E-state index in [2.05, 4.69) is 9.58 Å². The Kier molecular flexibility index (Phi) is 4.68. The Morgan fingerprint density at radius 2 is 1.93 bits per heavy atom. The van der Waals surface area contributed by atoms with Crippen molar-refractivity contribution >= 4 is 15.5 Å². The third-order valence-corrected chi connectivity index (χ3v) is 5.14. The SMILES string of the molecule is [C-]#[N+]c1cc(F)cc(Oc2ccc(S(=O)(=O)C(F)F)c3c2OC(F)(F)C3O)c1. The molecule has 0 amide bonds. The maximum absolute atomic E-state index is 13.8. The summed E-state index contributed by atoms with van der Waals surface area (Å²) in [7, 11) is -5.35. The molecule has 2 aromatic rings. The van der Waals surface area contributed by atoms with Gasteiger partial charge >= 0.3 is 11.9 Å². The second-order valence-corrected chi connectivity index (χ2v) is 7.42. The number of fused-ring (bicyclic) bond motifs is 1. The minimum absolute atomic E-state index is 0.185. The van der Waals surface area contributed by atoms with Crippen molar-refractivity contribution in [1.82, 2.24) is 0 Å². The van der Waals surface area contributed by atoms with Crippen molar-refractivity contribution in [2.75, 3.05) is 0 Å². The lowest BCUT2D eigenvalue weighted by Gasteiger charge is -2.13. The fraction of sp³-hybridized carbons (Fsp3) is 0.188. The van der Waals surface area contributed by atoms with Crippen LogP contribution in [0.1, 0.15) is 11.7 Å². The third-order valence-electron chi connectivity index (χ3n) is 3.70. The van der Waals surface area contributed by atoms with Crippen molar-refractivity contribution in [2.24, 2.45) is 0 Å². The zero-order valence-electron chi connectivity index (χ0n) is 13.4. The highest BCUT2D eigenvalue weighted by atomic mass is 32.2. The minimum atomic E-state index is -5.35. The van der Waals surface area contributed by atoms with Gasteiger partial charge in [0.15, 0.2) is 23.3 Å². The van der Waals surface area contributed by atoms with Gasteiger partial charge < -0.3 is 14.6 Å². The molecule has 0 aliphatic carbocycles. The van der Waals surface area contributed by atoms with Crippen LogP contribution in [0.3, 0.4) is 0 Å². The van der Waals surface area contributed by atoms with Gasteiger partial charge in [0.25, 0.3) is 0 Å². The van der Waals surface area contributed by atoms with Gasteiger partial charge in [-0.25, -0.2) is 17.7 Å². The lowest BCUT2D eigenvalue weighted by atomic mass is 10.1. The molecular weight excluding hydrogens is 413 g/mol. The maximum atomic E-state index is 13.8. The Labute approximate surface area is 154 Å². The molecule has 0 radical (unpaired) electrons. The first kappa shape index (κ1) is 19.8.